The molecule has 0 aromatic heterocycles. The molecule has 0 bridgehead atoms. The molecule has 0 saturated carbocycles. The molecular formula is C21H27FN2O4. The van der Waals surface area contributed by atoms with Gasteiger partial charge in [-0.25, -0.2) is 4.39 Å². The van der Waals surface area contributed by atoms with Crippen LogP contribution in [0.2, 0.25) is 0 Å². The molecule has 2 aliphatic heterocycles. The first kappa shape index (κ1) is 20.3. The Morgan fingerprint density at radius 3 is 2.29 bits per heavy atom. The number of piperidine rings is 2. The van der Waals surface area contributed by atoms with Crippen molar-refractivity contribution in [2.24, 2.45) is 11.8 Å². The Kier molecular flexibility index (Phi) is 6.65. The van der Waals surface area contributed by atoms with Crippen molar-refractivity contribution in [1.29, 1.82) is 0 Å². The topological polar surface area (TPSA) is 66.9 Å². The fourth-order valence-corrected chi connectivity index (χ4v) is 4.03. The fraction of sp³-hybridized carbons (Fsp3) is 0.571. The summed E-state index contributed by atoms with van der Waals surface area (Å²) in [5.41, 5.74) is 0.426. The number of benzene rings is 1. The van der Waals surface area contributed by atoms with Crippen molar-refractivity contribution < 1.29 is 23.5 Å². The second-order valence-electron chi connectivity index (χ2n) is 7.47. The molecule has 0 aliphatic carbocycles. The lowest BCUT2D eigenvalue weighted by atomic mass is 9.92. The zero-order valence-electron chi connectivity index (χ0n) is 16.2. The first-order valence-electron chi connectivity index (χ1n) is 10.00. The van der Waals surface area contributed by atoms with Gasteiger partial charge < -0.3 is 14.5 Å². The second kappa shape index (κ2) is 9.17. The molecule has 0 radical (unpaired) electrons. The van der Waals surface area contributed by atoms with Gasteiger partial charge in [-0.3, -0.25) is 14.4 Å². The van der Waals surface area contributed by atoms with Gasteiger partial charge in [0.2, 0.25) is 5.91 Å². The number of hydrogen-bond donors (Lipinski definition) is 0. The fourth-order valence-electron chi connectivity index (χ4n) is 4.03. The van der Waals surface area contributed by atoms with Crippen LogP contribution in [0, 0.1) is 17.7 Å². The SMILES string of the molecule is CCOC(=O)C1CCCN(C(=O)C2CCCN(C(=O)c3ccc(F)cc3)C2)C1. The van der Waals surface area contributed by atoms with E-state index in [0.717, 1.165) is 25.7 Å². The van der Waals surface area contributed by atoms with Gasteiger partial charge in [0.05, 0.1) is 18.4 Å². The average Bonchev–Trinajstić information content (AvgIpc) is 2.73. The molecule has 0 N–H and O–H groups in total. The van der Waals surface area contributed by atoms with E-state index in [1.54, 1.807) is 16.7 Å². The molecule has 0 spiro atoms. The van der Waals surface area contributed by atoms with Crippen molar-refractivity contribution >= 4 is 17.8 Å². The van der Waals surface area contributed by atoms with Crippen molar-refractivity contribution in [1.82, 2.24) is 9.80 Å². The highest BCUT2D eigenvalue weighted by atomic mass is 19.1. The van der Waals surface area contributed by atoms with Gasteiger partial charge in [-0.2, -0.15) is 0 Å². The van der Waals surface area contributed by atoms with Crippen LogP contribution in [0.25, 0.3) is 0 Å². The average molecular weight is 390 g/mol. The Morgan fingerprint density at radius 1 is 1.00 bits per heavy atom. The predicted molar refractivity (Wildman–Crippen MR) is 101 cm³/mol. The number of carbonyl (C=O) groups is 3. The quantitative estimate of drug-likeness (QED) is 0.741. The number of ether oxygens (including phenoxy) is 1. The van der Waals surface area contributed by atoms with E-state index >= 15 is 0 Å². The third kappa shape index (κ3) is 4.69. The van der Waals surface area contributed by atoms with Crippen LogP contribution < -0.4 is 0 Å². The standard InChI is InChI=1S/C21H27FN2O4/c1-2-28-21(27)17-6-4-12-24(14-17)20(26)16-5-3-11-23(13-16)19(25)15-7-9-18(22)10-8-15/h7-10,16-17H,2-6,11-14H2,1H3. The van der Waals surface area contributed by atoms with Crippen LogP contribution in [0.4, 0.5) is 4.39 Å². The largest absolute Gasteiger partial charge is 0.466 e. The van der Waals surface area contributed by atoms with Gasteiger partial charge in [0.15, 0.2) is 0 Å². The molecule has 2 amide bonds. The first-order valence-corrected chi connectivity index (χ1v) is 10.00. The summed E-state index contributed by atoms with van der Waals surface area (Å²) >= 11 is 0. The van der Waals surface area contributed by atoms with E-state index in [4.69, 9.17) is 4.74 Å². The van der Waals surface area contributed by atoms with Crippen LogP contribution in [-0.4, -0.2) is 60.4 Å². The number of halogens is 1. The lowest BCUT2D eigenvalue weighted by Gasteiger charge is -2.37. The Morgan fingerprint density at radius 2 is 1.61 bits per heavy atom. The highest BCUT2D eigenvalue weighted by Crippen LogP contribution is 2.25. The van der Waals surface area contributed by atoms with Gasteiger partial charge in [-0.1, -0.05) is 0 Å². The van der Waals surface area contributed by atoms with Crippen molar-refractivity contribution in [3.8, 4) is 0 Å². The number of amides is 2. The van der Waals surface area contributed by atoms with Gasteiger partial charge >= 0.3 is 5.97 Å². The van der Waals surface area contributed by atoms with E-state index in [9.17, 15) is 18.8 Å². The summed E-state index contributed by atoms with van der Waals surface area (Å²) in [5, 5.41) is 0. The van der Waals surface area contributed by atoms with Crippen LogP contribution >= 0.6 is 0 Å². The van der Waals surface area contributed by atoms with E-state index in [1.807, 2.05) is 0 Å². The van der Waals surface area contributed by atoms with Gasteiger partial charge in [0.25, 0.3) is 5.91 Å². The number of carbonyl (C=O) groups excluding carboxylic acids is 3. The molecule has 2 fully saturated rings. The van der Waals surface area contributed by atoms with Crippen LogP contribution in [0.15, 0.2) is 24.3 Å². The molecular weight excluding hydrogens is 363 g/mol. The number of hydrogen-bond acceptors (Lipinski definition) is 4. The lowest BCUT2D eigenvalue weighted by Crippen LogP contribution is -2.50. The van der Waals surface area contributed by atoms with Crippen molar-refractivity contribution in [2.45, 2.75) is 32.6 Å². The highest BCUT2D eigenvalue weighted by Gasteiger charge is 2.35. The van der Waals surface area contributed by atoms with E-state index in [-0.39, 0.29) is 35.4 Å². The summed E-state index contributed by atoms with van der Waals surface area (Å²) in [6, 6.07) is 5.47. The third-order valence-electron chi connectivity index (χ3n) is 5.50. The molecule has 2 unspecified atom stereocenters. The van der Waals surface area contributed by atoms with Gasteiger partial charge in [-0.05, 0) is 56.9 Å². The zero-order chi connectivity index (χ0) is 20.1. The maximum atomic E-state index is 13.1. The maximum Gasteiger partial charge on any atom is 0.310 e. The second-order valence-corrected chi connectivity index (χ2v) is 7.47. The Labute approximate surface area is 164 Å². The van der Waals surface area contributed by atoms with Crippen LogP contribution in [0.5, 0.6) is 0 Å². The minimum absolute atomic E-state index is 0.00519. The predicted octanol–water partition coefficient (Wildman–Crippen LogP) is 2.48. The number of nitrogens with zero attached hydrogens (tertiary/aromatic N) is 2. The molecule has 2 saturated heterocycles. The Bertz CT molecular complexity index is 722. The van der Waals surface area contributed by atoms with Crippen molar-refractivity contribution in [3.05, 3.63) is 35.6 Å². The number of likely N-dealkylation sites (tertiary alicyclic amines) is 2. The molecule has 152 valence electrons. The van der Waals surface area contributed by atoms with Crippen molar-refractivity contribution in [2.75, 3.05) is 32.8 Å². The highest BCUT2D eigenvalue weighted by molar-refractivity contribution is 5.94. The van der Waals surface area contributed by atoms with Gasteiger partial charge in [0.1, 0.15) is 5.82 Å². The summed E-state index contributed by atoms with van der Waals surface area (Å²) < 4.78 is 18.2. The lowest BCUT2D eigenvalue weighted by molar-refractivity contribution is -0.152. The Hall–Kier alpha value is -2.44. The minimum Gasteiger partial charge on any atom is -0.466 e. The van der Waals surface area contributed by atoms with Crippen LogP contribution in [0.3, 0.4) is 0 Å². The summed E-state index contributed by atoms with van der Waals surface area (Å²) in [5.74, 6) is -1.33. The van der Waals surface area contributed by atoms with Crippen LogP contribution in [-0.2, 0) is 14.3 Å². The van der Waals surface area contributed by atoms with E-state index in [2.05, 4.69) is 0 Å². The number of esters is 1. The molecule has 6 nitrogen and oxygen atoms in total. The summed E-state index contributed by atoms with van der Waals surface area (Å²) in [7, 11) is 0. The van der Waals surface area contributed by atoms with E-state index in [0.29, 0.717) is 38.3 Å². The molecule has 1 aromatic rings. The van der Waals surface area contributed by atoms with Crippen LogP contribution in [0.1, 0.15) is 43.0 Å². The maximum absolute atomic E-state index is 13.1. The number of rotatable bonds is 4. The molecule has 1 aromatic carbocycles. The van der Waals surface area contributed by atoms with Gasteiger partial charge in [0, 0.05) is 31.7 Å². The molecule has 2 heterocycles. The third-order valence-corrected chi connectivity index (χ3v) is 5.50. The van der Waals surface area contributed by atoms with Crippen molar-refractivity contribution in [3.63, 3.8) is 0 Å². The Balaban J connectivity index is 1.61. The summed E-state index contributed by atoms with van der Waals surface area (Å²) in [6.07, 6.45) is 2.99. The molecule has 28 heavy (non-hydrogen) atoms. The zero-order valence-corrected chi connectivity index (χ0v) is 16.2. The smallest absolute Gasteiger partial charge is 0.310 e. The molecule has 7 heteroatoms. The molecule has 2 atom stereocenters. The molecule has 2 aliphatic rings. The van der Waals surface area contributed by atoms with Gasteiger partial charge in [-0.15, -0.1) is 0 Å². The monoisotopic (exact) mass is 390 g/mol. The summed E-state index contributed by atoms with van der Waals surface area (Å²) in [6.45, 7) is 4.09. The first-order chi connectivity index (χ1) is 13.5. The normalized spacial score (nSPS) is 22.6. The minimum atomic E-state index is -0.385. The summed E-state index contributed by atoms with van der Waals surface area (Å²) in [4.78, 5) is 41.2. The van der Waals surface area contributed by atoms with E-state index in [1.165, 1.54) is 24.3 Å². The molecule has 3 rings (SSSR count). The van der Waals surface area contributed by atoms with E-state index < -0.39 is 0 Å².